The molecule has 1 aromatic heterocycles. The fourth-order valence-electron chi connectivity index (χ4n) is 2.71. The van der Waals surface area contributed by atoms with Crippen LogP contribution in [0, 0.1) is 12.7 Å². The van der Waals surface area contributed by atoms with Crippen LogP contribution in [-0.4, -0.2) is 33.8 Å². The molecule has 1 aromatic carbocycles. The number of piperidine rings is 1. The Balaban J connectivity index is 1.87. The Hall–Kier alpha value is -1.95. The molecule has 2 aromatic rings. The van der Waals surface area contributed by atoms with Crippen molar-refractivity contribution in [2.75, 3.05) is 11.4 Å². The summed E-state index contributed by atoms with van der Waals surface area (Å²) in [6.45, 7) is 4.72. The minimum atomic E-state index is -0.237. The Morgan fingerprint density at radius 3 is 3.00 bits per heavy atom. The second-order valence-electron chi connectivity index (χ2n) is 5.69. The number of anilines is 1. The zero-order valence-electron chi connectivity index (χ0n) is 12.3. The lowest BCUT2D eigenvalue weighted by Crippen LogP contribution is -2.50. The number of aromatic amines is 1. The molecule has 0 spiro atoms. The maximum Gasteiger partial charge on any atom is 0.245 e. The smallest absolute Gasteiger partial charge is 0.245 e. The number of nitrogens with zero attached hydrogens (tertiary/aromatic N) is 3. The number of hydrogen-bond donors (Lipinski definition) is 2. The highest BCUT2D eigenvalue weighted by Crippen LogP contribution is 2.24. The van der Waals surface area contributed by atoms with Crippen molar-refractivity contribution < 1.29 is 4.39 Å². The van der Waals surface area contributed by atoms with Crippen molar-refractivity contribution in [3.8, 4) is 11.4 Å². The summed E-state index contributed by atoms with van der Waals surface area (Å²) in [5, 5.41) is 7.16. The van der Waals surface area contributed by atoms with Gasteiger partial charge < -0.3 is 10.6 Å². The topological polar surface area (TPSA) is 70.8 Å². The Bertz CT molecular complexity index is 639. The molecule has 0 aliphatic carbocycles. The van der Waals surface area contributed by atoms with Crippen molar-refractivity contribution in [2.45, 2.75) is 38.8 Å². The molecular formula is C15H20FN5. The number of nitrogens with two attached hydrogens (primary N) is 1. The molecule has 2 heterocycles. The average Bonchev–Trinajstić information content (AvgIpc) is 2.94. The Morgan fingerprint density at radius 1 is 1.43 bits per heavy atom. The third-order valence-electron chi connectivity index (χ3n) is 4.22. The van der Waals surface area contributed by atoms with Gasteiger partial charge in [0.25, 0.3) is 0 Å². The summed E-state index contributed by atoms with van der Waals surface area (Å²) >= 11 is 0. The van der Waals surface area contributed by atoms with Gasteiger partial charge in [-0.1, -0.05) is 12.1 Å². The van der Waals surface area contributed by atoms with E-state index >= 15 is 0 Å². The van der Waals surface area contributed by atoms with Gasteiger partial charge in [0, 0.05) is 24.2 Å². The third kappa shape index (κ3) is 2.63. The molecule has 1 aliphatic heterocycles. The first-order valence-corrected chi connectivity index (χ1v) is 7.27. The van der Waals surface area contributed by atoms with Gasteiger partial charge in [0.05, 0.1) is 0 Å². The van der Waals surface area contributed by atoms with Crippen LogP contribution in [0.5, 0.6) is 0 Å². The molecule has 2 atom stereocenters. The summed E-state index contributed by atoms with van der Waals surface area (Å²) in [4.78, 5) is 6.61. The van der Waals surface area contributed by atoms with Crippen molar-refractivity contribution in [1.29, 1.82) is 0 Å². The van der Waals surface area contributed by atoms with Gasteiger partial charge in [-0.25, -0.2) is 4.39 Å². The van der Waals surface area contributed by atoms with Gasteiger partial charge in [0.15, 0.2) is 5.82 Å². The van der Waals surface area contributed by atoms with E-state index in [2.05, 4.69) is 27.0 Å². The minimum absolute atomic E-state index is 0.137. The van der Waals surface area contributed by atoms with Crippen LogP contribution >= 0.6 is 0 Å². The number of H-pyrrole nitrogens is 1. The number of aryl methyl sites for hydroxylation is 1. The van der Waals surface area contributed by atoms with Crippen molar-refractivity contribution in [3.05, 3.63) is 29.6 Å². The average molecular weight is 289 g/mol. The molecule has 0 amide bonds. The summed E-state index contributed by atoms with van der Waals surface area (Å²) in [6, 6.07) is 5.40. The fourth-order valence-corrected chi connectivity index (χ4v) is 2.71. The highest BCUT2D eigenvalue weighted by Gasteiger charge is 2.27. The van der Waals surface area contributed by atoms with E-state index in [-0.39, 0.29) is 17.9 Å². The second-order valence-corrected chi connectivity index (χ2v) is 5.69. The second kappa shape index (κ2) is 5.44. The molecule has 21 heavy (non-hydrogen) atoms. The lowest BCUT2D eigenvalue weighted by atomic mass is 9.99. The van der Waals surface area contributed by atoms with Gasteiger partial charge in [-0.3, -0.25) is 5.10 Å². The van der Waals surface area contributed by atoms with E-state index in [4.69, 9.17) is 5.73 Å². The van der Waals surface area contributed by atoms with E-state index in [1.807, 2.05) is 6.07 Å². The molecule has 2 unspecified atom stereocenters. The van der Waals surface area contributed by atoms with E-state index in [1.165, 1.54) is 6.07 Å². The molecule has 112 valence electrons. The first-order chi connectivity index (χ1) is 10.1. The van der Waals surface area contributed by atoms with Gasteiger partial charge >= 0.3 is 0 Å². The van der Waals surface area contributed by atoms with E-state index in [9.17, 15) is 4.39 Å². The number of hydrogen-bond acceptors (Lipinski definition) is 4. The van der Waals surface area contributed by atoms with Crippen LogP contribution < -0.4 is 10.6 Å². The molecule has 3 N–H and O–H groups in total. The molecule has 6 heteroatoms. The van der Waals surface area contributed by atoms with Crippen LogP contribution in [-0.2, 0) is 0 Å². The van der Waals surface area contributed by atoms with E-state index in [0.29, 0.717) is 22.9 Å². The number of aromatic nitrogens is 3. The maximum atomic E-state index is 13.7. The molecule has 1 saturated heterocycles. The zero-order chi connectivity index (χ0) is 15.0. The SMILES string of the molecule is Cc1ccc(-c2nc(N3CCCC(N)C3C)n[nH]2)cc1F. The molecular weight excluding hydrogens is 269 g/mol. The molecule has 0 radical (unpaired) electrons. The Labute approximate surface area is 123 Å². The van der Waals surface area contributed by atoms with Crippen LogP contribution in [0.3, 0.4) is 0 Å². The van der Waals surface area contributed by atoms with E-state index in [1.54, 1.807) is 13.0 Å². The summed E-state index contributed by atoms with van der Waals surface area (Å²) in [5.41, 5.74) is 7.42. The van der Waals surface area contributed by atoms with Crippen LogP contribution in [0.1, 0.15) is 25.3 Å². The van der Waals surface area contributed by atoms with Crippen LogP contribution in [0.2, 0.25) is 0 Å². The van der Waals surface area contributed by atoms with E-state index in [0.717, 1.165) is 19.4 Å². The summed E-state index contributed by atoms with van der Waals surface area (Å²) < 4.78 is 13.7. The van der Waals surface area contributed by atoms with Crippen molar-refractivity contribution in [1.82, 2.24) is 15.2 Å². The fraction of sp³-hybridized carbons (Fsp3) is 0.467. The minimum Gasteiger partial charge on any atom is -0.335 e. The summed E-state index contributed by atoms with van der Waals surface area (Å²) in [7, 11) is 0. The number of rotatable bonds is 2. The maximum absolute atomic E-state index is 13.7. The van der Waals surface area contributed by atoms with Crippen LogP contribution in [0.15, 0.2) is 18.2 Å². The molecule has 1 aliphatic rings. The highest BCUT2D eigenvalue weighted by atomic mass is 19.1. The molecule has 0 bridgehead atoms. The van der Waals surface area contributed by atoms with E-state index < -0.39 is 0 Å². The zero-order valence-corrected chi connectivity index (χ0v) is 12.3. The first-order valence-electron chi connectivity index (χ1n) is 7.27. The monoisotopic (exact) mass is 289 g/mol. The standard InChI is InChI=1S/C15H20FN5/c1-9-5-6-11(8-12(9)16)14-18-15(20-19-14)21-7-3-4-13(17)10(21)2/h5-6,8,10,13H,3-4,7,17H2,1-2H3,(H,18,19,20). The number of nitrogens with one attached hydrogen (secondary N) is 1. The van der Waals surface area contributed by atoms with Crippen LogP contribution in [0.25, 0.3) is 11.4 Å². The third-order valence-corrected chi connectivity index (χ3v) is 4.22. The largest absolute Gasteiger partial charge is 0.335 e. The molecule has 1 fully saturated rings. The van der Waals surface area contributed by atoms with Gasteiger partial charge in [-0.2, -0.15) is 4.98 Å². The lowest BCUT2D eigenvalue weighted by molar-refractivity contribution is 0.416. The summed E-state index contributed by atoms with van der Waals surface area (Å²) in [5.74, 6) is 0.975. The van der Waals surface area contributed by atoms with Gasteiger partial charge in [0.2, 0.25) is 5.95 Å². The normalized spacial score (nSPS) is 22.6. The predicted octanol–water partition coefficient (Wildman–Crippen LogP) is 2.24. The molecule has 5 nitrogen and oxygen atoms in total. The summed E-state index contributed by atoms with van der Waals surface area (Å²) in [6.07, 6.45) is 2.06. The first kappa shape index (κ1) is 14.0. The lowest BCUT2D eigenvalue weighted by Gasteiger charge is -2.36. The Kier molecular flexibility index (Phi) is 3.63. The van der Waals surface area contributed by atoms with Crippen molar-refractivity contribution in [2.24, 2.45) is 5.73 Å². The molecule has 3 rings (SSSR count). The highest BCUT2D eigenvalue weighted by molar-refractivity contribution is 5.57. The quantitative estimate of drug-likeness (QED) is 0.889. The number of halogens is 1. The van der Waals surface area contributed by atoms with Crippen molar-refractivity contribution >= 4 is 5.95 Å². The van der Waals surface area contributed by atoms with Gasteiger partial charge in [-0.05, 0) is 38.3 Å². The Morgan fingerprint density at radius 2 is 2.24 bits per heavy atom. The van der Waals surface area contributed by atoms with Crippen LogP contribution in [0.4, 0.5) is 10.3 Å². The van der Waals surface area contributed by atoms with Gasteiger partial charge in [0.1, 0.15) is 5.82 Å². The van der Waals surface area contributed by atoms with Crippen molar-refractivity contribution in [3.63, 3.8) is 0 Å². The molecule has 0 saturated carbocycles. The predicted molar refractivity (Wildman–Crippen MR) is 80.5 cm³/mol. The number of benzene rings is 1. The van der Waals surface area contributed by atoms with Gasteiger partial charge in [-0.15, -0.1) is 5.10 Å².